The zero-order valence-electron chi connectivity index (χ0n) is 9.62. The summed E-state index contributed by atoms with van der Waals surface area (Å²) in [5.41, 5.74) is 7.27. The van der Waals surface area contributed by atoms with Crippen LogP contribution in [0, 0.1) is 6.92 Å². The van der Waals surface area contributed by atoms with E-state index in [0.29, 0.717) is 31.4 Å². The molecule has 1 rings (SSSR count). The Balaban J connectivity index is 2.58. The molecule has 0 saturated carbocycles. The minimum atomic E-state index is 0.503. The molecule has 5 heteroatoms. The Morgan fingerprint density at radius 2 is 2.07 bits per heavy atom. The van der Waals surface area contributed by atoms with Crippen molar-refractivity contribution in [3.8, 4) is 5.88 Å². The number of hydrogen-bond acceptors (Lipinski definition) is 4. The van der Waals surface area contributed by atoms with Crippen molar-refractivity contribution < 1.29 is 9.47 Å². The second-order valence-corrected chi connectivity index (χ2v) is 3.17. The van der Waals surface area contributed by atoms with E-state index in [4.69, 9.17) is 15.2 Å². The van der Waals surface area contributed by atoms with Gasteiger partial charge in [0, 0.05) is 13.2 Å². The standard InChI is InChI=1S/C10H19N3O2/c1-4-13-10(9(11)8(3)12-13)15-7-6-14-5-2/h4-7,11H2,1-3H3. The number of aromatic nitrogens is 2. The zero-order valence-corrected chi connectivity index (χ0v) is 9.62. The lowest BCUT2D eigenvalue weighted by Crippen LogP contribution is -2.10. The first-order valence-electron chi connectivity index (χ1n) is 5.24. The minimum absolute atomic E-state index is 0.503. The molecule has 0 aliphatic rings. The topological polar surface area (TPSA) is 62.3 Å². The van der Waals surface area contributed by atoms with Crippen LogP contribution in [-0.2, 0) is 11.3 Å². The third-order valence-electron chi connectivity index (χ3n) is 2.10. The average molecular weight is 213 g/mol. The maximum absolute atomic E-state index is 5.84. The van der Waals surface area contributed by atoms with Gasteiger partial charge in [-0.05, 0) is 20.8 Å². The van der Waals surface area contributed by atoms with Crippen molar-refractivity contribution >= 4 is 5.69 Å². The Bertz CT molecular complexity index is 310. The number of aryl methyl sites for hydroxylation is 2. The number of nitrogens with two attached hydrogens (primary N) is 1. The fourth-order valence-corrected chi connectivity index (χ4v) is 1.28. The van der Waals surface area contributed by atoms with Crippen LogP contribution in [-0.4, -0.2) is 29.6 Å². The van der Waals surface area contributed by atoms with Crippen molar-refractivity contribution in [2.24, 2.45) is 0 Å². The molecule has 15 heavy (non-hydrogen) atoms. The highest BCUT2D eigenvalue weighted by molar-refractivity contribution is 5.52. The Kier molecular flexibility index (Phi) is 4.42. The van der Waals surface area contributed by atoms with Crippen molar-refractivity contribution in [2.75, 3.05) is 25.6 Å². The molecule has 5 nitrogen and oxygen atoms in total. The van der Waals surface area contributed by atoms with Crippen LogP contribution < -0.4 is 10.5 Å². The van der Waals surface area contributed by atoms with Gasteiger partial charge in [-0.1, -0.05) is 0 Å². The Morgan fingerprint density at radius 3 is 2.67 bits per heavy atom. The fraction of sp³-hybridized carbons (Fsp3) is 0.700. The number of nitrogen functional groups attached to an aromatic ring is 1. The van der Waals surface area contributed by atoms with E-state index in [2.05, 4.69) is 5.10 Å². The predicted octanol–water partition coefficient (Wildman–Crippen LogP) is 1.21. The first-order valence-corrected chi connectivity index (χ1v) is 5.24. The van der Waals surface area contributed by atoms with Gasteiger partial charge in [0.25, 0.3) is 0 Å². The number of rotatable bonds is 6. The monoisotopic (exact) mass is 213 g/mol. The lowest BCUT2D eigenvalue weighted by atomic mass is 10.4. The first-order chi connectivity index (χ1) is 7.20. The Hall–Kier alpha value is -1.23. The molecular formula is C10H19N3O2. The SMILES string of the molecule is CCOCCOc1c(N)c(C)nn1CC. The van der Waals surface area contributed by atoms with Crippen molar-refractivity contribution in [1.29, 1.82) is 0 Å². The fourth-order valence-electron chi connectivity index (χ4n) is 1.28. The quantitative estimate of drug-likeness (QED) is 0.721. The lowest BCUT2D eigenvalue weighted by Gasteiger charge is -2.08. The average Bonchev–Trinajstić information content (AvgIpc) is 2.51. The third kappa shape index (κ3) is 2.86. The molecule has 0 spiro atoms. The van der Waals surface area contributed by atoms with Gasteiger partial charge < -0.3 is 15.2 Å². The molecule has 1 aromatic rings. The van der Waals surface area contributed by atoms with Crippen molar-refractivity contribution in [3.63, 3.8) is 0 Å². The molecule has 1 aromatic heterocycles. The Morgan fingerprint density at radius 1 is 1.33 bits per heavy atom. The number of hydrogen-bond donors (Lipinski definition) is 1. The molecule has 0 atom stereocenters. The summed E-state index contributed by atoms with van der Waals surface area (Å²) in [7, 11) is 0. The van der Waals surface area contributed by atoms with Gasteiger partial charge in [-0.2, -0.15) is 5.10 Å². The summed E-state index contributed by atoms with van der Waals surface area (Å²) in [6.45, 7) is 8.35. The molecule has 0 aromatic carbocycles. The van der Waals surface area contributed by atoms with Crippen molar-refractivity contribution in [3.05, 3.63) is 5.69 Å². The van der Waals surface area contributed by atoms with Crippen LogP contribution in [0.2, 0.25) is 0 Å². The van der Waals surface area contributed by atoms with Gasteiger partial charge in [-0.3, -0.25) is 0 Å². The van der Waals surface area contributed by atoms with Crippen LogP contribution in [0.3, 0.4) is 0 Å². The van der Waals surface area contributed by atoms with Gasteiger partial charge >= 0.3 is 0 Å². The molecule has 0 fully saturated rings. The minimum Gasteiger partial charge on any atom is -0.474 e. The third-order valence-corrected chi connectivity index (χ3v) is 2.10. The van der Waals surface area contributed by atoms with Gasteiger partial charge in [0.1, 0.15) is 12.3 Å². The van der Waals surface area contributed by atoms with Crippen LogP contribution in [0.5, 0.6) is 5.88 Å². The van der Waals surface area contributed by atoms with E-state index in [1.807, 2.05) is 20.8 Å². The molecule has 0 unspecified atom stereocenters. The van der Waals surface area contributed by atoms with Crippen LogP contribution in [0.4, 0.5) is 5.69 Å². The van der Waals surface area contributed by atoms with Crippen molar-refractivity contribution in [2.45, 2.75) is 27.3 Å². The summed E-state index contributed by atoms with van der Waals surface area (Å²) in [5.74, 6) is 0.648. The summed E-state index contributed by atoms with van der Waals surface area (Å²) in [4.78, 5) is 0. The molecule has 2 N–H and O–H groups in total. The van der Waals surface area contributed by atoms with E-state index in [1.54, 1.807) is 4.68 Å². The van der Waals surface area contributed by atoms with E-state index in [1.165, 1.54) is 0 Å². The number of nitrogens with zero attached hydrogens (tertiary/aromatic N) is 2. The van der Waals surface area contributed by atoms with Crippen LogP contribution >= 0.6 is 0 Å². The highest BCUT2D eigenvalue weighted by Crippen LogP contribution is 2.24. The van der Waals surface area contributed by atoms with Gasteiger partial charge in [0.05, 0.1) is 12.3 Å². The Labute approximate surface area is 90.2 Å². The molecule has 0 amide bonds. The van der Waals surface area contributed by atoms with Crippen LogP contribution in [0.25, 0.3) is 0 Å². The molecule has 86 valence electrons. The summed E-state index contributed by atoms with van der Waals surface area (Å²) in [5, 5.41) is 4.25. The normalized spacial score (nSPS) is 10.6. The molecule has 0 radical (unpaired) electrons. The summed E-state index contributed by atoms with van der Waals surface area (Å²) in [6, 6.07) is 0. The van der Waals surface area contributed by atoms with Crippen LogP contribution in [0.15, 0.2) is 0 Å². The smallest absolute Gasteiger partial charge is 0.236 e. The summed E-state index contributed by atoms with van der Waals surface area (Å²) in [6.07, 6.45) is 0. The van der Waals surface area contributed by atoms with Gasteiger partial charge in [0.15, 0.2) is 0 Å². The van der Waals surface area contributed by atoms with Crippen LogP contribution in [0.1, 0.15) is 19.5 Å². The summed E-state index contributed by atoms with van der Waals surface area (Å²) < 4.78 is 12.5. The largest absolute Gasteiger partial charge is 0.474 e. The van der Waals surface area contributed by atoms with Gasteiger partial charge in [-0.15, -0.1) is 0 Å². The highest BCUT2D eigenvalue weighted by atomic mass is 16.5. The predicted molar refractivity (Wildman–Crippen MR) is 59.0 cm³/mol. The molecule has 1 heterocycles. The highest BCUT2D eigenvalue weighted by Gasteiger charge is 2.12. The lowest BCUT2D eigenvalue weighted by molar-refractivity contribution is 0.106. The maximum atomic E-state index is 5.84. The molecule has 0 aliphatic heterocycles. The molecule has 0 bridgehead atoms. The number of anilines is 1. The number of ether oxygens (including phenoxy) is 2. The zero-order chi connectivity index (χ0) is 11.3. The van der Waals surface area contributed by atoms with E-state index < -0.39 is 0 Å². The van der Waals surface area contributed by atoms with E-state index in [9.17, 15) is 0 Å². The molecular weight excluding hydrogens is 194 g/mol. The van der Waals surface area contributed by atoms with E-state index >= 15 is 0 Å². The van der Waals surface area contributed by atoms with Gasteiger partial charge in [0.2, 0.25) is 5.88 Å². The summed E-state index contributed by atoms with van der Waals surface area (Å²) >= 11 is 0. The van der Waals surface area contributed by atoms with E-state index in [0.717, 1.165) is 12.2 Å². The van der Waals surface area contributed by atoms with Crippen molar-refractivity contribution in [1.82, 2.24) is 9.78 Å². The second-order valence-electron chi connectivity index (χ2n) is 3.17. The first kappa shape index (κ1) is 11.8. The van der Waals surface area contributed by atoms with E-state index in [-0.39, 0.29) is 0 Å². The maximum Gasteiger partial charge on any atom is 0.236 e. The second kappa shape index (κ2) is 5.60. The van der Waals surface area contributed by atoms with Gasteiger partial charge in [-0.25, -0.2) is 4.68 Å². The molecule has 0 aliphatic carbocycles. The molecule has 0 saturated heterocycles.